The Hall–Kier alpha value is -3.81. The lowest BCUT2D eigenvalue weighted by molar-refractivity contribution is -0.192. The van der Waals surface area contributed by atoms with Gasteiger partial charge in [-0.3, -0.25) is 4.72 Å². The minimum Gasteiger partial charge on any atom is -0.506 e. The molecule has 0 spiro atoms. The van der Waals surface area contributed by atoms with E-state index in [1.807, 2.05) is 37.3 Å². The van der Waals surface area contributed by atoms with E-state index < -0.39 is 28.3 Å². The Morgan fingerprint density at radius 2 is 1.63 bits per heavy atom. The summed E-state index contributed by atoms with van der Waals surface area (Å²) in [5.74, 6) is -2.10. The highest BCUT2D eigenvalue weighted by molar-refractivity contribution is 7.92. The van der Waals surface area contributed by atoms with Gasteiger partial charge in [0.25, 0.3) is 0 Å². The van der Waals surface area contributed by atoms with Crippen LogP contribution in [0.1, 0.15) is 28.3 Å². The largest absolute Gasteiger partial charge is 0.506 e. The summed E-state index contributed by atoms with van der Waals surface area (Å²) in [6.45, 7) is 2.34. The van der Waals surface area contributed by atoms with E-state index in [-0.39, 0.29) is 17.5 Å². The number of hydrogen-bond donors (Lipinski definition) is 5. The molecular weight excluding hydrogens is 565 g/mol. The van der Waals surface area contributed by atoms with E-state index in [0.717, 1.165) is 29.6 Å². The summed E-state index contributed by atoms with van der Waals surface area (Å²) in [6.07, 6.45) is -3.73. The van der Waals surface area contributed by atoms with Crippen LogP contribution in [0, 0.1) is 6.92 Å². The van der Waals surface area contributed by atoms with Gasteiger partial charge in [0, 0.05) is 12.6 Å². The molecule has 0 amide bonds. The van der Waals surface area contributed by atoms with Crippen LogP contribution < -0.4 is 14.8 Å². The number of carboxylic acid groups (broad SMARTS) is 1. The third kappa shape index (κ3) is 11.7. The van der Waals surface area contributed by atoms with E-state index >= 15 is 0 Å². The number of halogens is 3. The first-order chi connectivity index (χ1) is 19.1. The van der Waals surface area contributed by atoms with Gasteiger partial charge < -0.3 is 25.4 Å². The molecule has 224 valence electrons. The number of alkyl halides is 3. The lowest BCUT2D eigenvalue weighted by atomic mass is 9.96. The molecule has 3 aromatic rings. The SMILES string of the molecule is COc1ccc(C(Cc2ccccc2)NC[C@@H](O)Cc2ccc(O)c(NS(C)(=O)=O)c2)cc1C.O=C(O)C(F)(F)F. The van der Waals surface area contributed by atoms with Crippen LogP contribution in [0.5, 0.6) is 11.5 Å². The molecule has 0 radical (unpaired) electrons. The topological polar surface area (TPSA) is 145 Å². The van der Waals surface area contributed by atoms with Crippen LogP contribution in [0.15, 0.2) is 66.7 Å². The van der Waals surface area contributed by atoms with Gasteiger partial charge >= 0.3 is 12.1 Å². The van der Waals surface area contributed by atoms with E-state index in [0.29, 0.717) is 18.5 Å². The van der Waals surface area contributed by atoms with Gasteiger partial charge in [0.1, 0.15) is 11.5 Å². The Balaban J connectivity index is 0.000000745. The number of aryl methyl sites for hydroxylation is 1. The number of aromatic hydroxyl groups is 1. The van der Waals surface area contributed by atoms with E-state index in [9.17, 15) is 31.8 Å². The molecule has 0 saturated heterocycles. The van der Waals surface area contributed by atoms with Crippen LogP contribution in [0.4, 0.5) is 18.9 Å². The van der Waals surface area contributed by atoms with Gasteiger partial charge in [-0.05, 0) is 60.2 Å². The van der Waals surface area contributed by atoms with Crippen molar-refractivity contribution in [3.05, 3.63) is 89.0 Å². The Morgan fingerprint density at radius 1 is 1.00 bits per heavy atom. The number of aliphatic carboxylic acids is 1. The summed E-state index contributed by atoms with van der Waals surface area (Å²) in [4.78, 5) is 8.90. The quantitative estimate of drug-likeness (QED) is 0.207. The van der Waals surface area contributed by atoms with Crippen LogP contribution in [0.3, 0.4) is 0 Å². The summed E-state index contributed by atoms with van der Waals surface area (Å²) in [6, 6.07) is 20.8. The summed E-state index contributed by atoms with van der Waals surface area (Å²) in [7, 11) is -1.88. The van der Waals surface area contributed by atoms with Crippen LogP contribution in [-0.4, -0.2) is 61.9 Å². The van der Waals surface area contributed by atoms with Crippen molar-refractivity contribution in [1.82, 2.24) is 5.32 Å². The second-order valence-corrected chi connectivity index (χ2v) is 11.0. The first-order valence-electron chi connectivity index (χ1n) is 12.3. The summed E-state index contributed by atoms with van der Waals surface area (Å²) >= 11 is 0. The lowest BCUT2D eigenvalue weighted by Gasteiger charge is -2.23. The normalized spacial score (nSPS) is 13.0. The molecule has 0 aromatic heterocycles. The first-order valence-corrected chi connectivity index (χ1v) is 14.2. The van der Waals surface area contributed by atoms with Gasteiger partial charge in [-0.15, -0.1) is 0 Å². The number of phenolic OH excluding ortho intramolecular Hbond substituents is 1. The molecule has 9 nitrogen and oxygen atoms in total. The van der Waals surface area contributed by atoms with E-state index in [4.69, 9.17) is 14.6 Å². The minimum atomic E-state index is -5.08. The number of carboxylic acids is 1. The zero-order valence-electron chi connectivity index (χ0n) is 22.6. The number of rotatable bonds is 11. The van der Waals surface area contributed by atoms with Crippen molar-refractivity contribution >= 4 is 21.7 Å². The molecular formula is C28H33F3N2O7S. The number of aliphatic hydroxyl groups is 1. The van der Waals surface area contributed by atoms with Crippen molar-refractivity contribution in [3.63, 3.8) is 0 Å². The third-order valence-electron chi connectivity index (χ3n) is 5.77. The molecule has 5 N–H and O–H groups in total. The van der Waals surface area contributed by atoms with Crippen molar-refractivity contribution in [3.8, 4) is 11.5 Å². The highest BCUT2D eigenvalue weighted by Crippen LogP contribution is 2.27. The third-order valence-corrected chi connectivity index (χ3v) is 6.36. The van der Waals surface area contributed by atoms with Gasteiger partial charge in [-0.1, -0.05) is 48.5 Å². The number of ether oxygens (including phenoxy) is 1. The van der Waals surface area contributed by atoms with E-state index in [2.05, 4.69) is 28.2 Å². The molecule has 3 aromatic carbocycles. The van der Waals surface area contributed by atoms with Gasteiger partial charge in [0.05, 0.1) is 25.2 Å². The molecule has 0 saturated carbocycles. The average molecular weight is 599 g/mol. The Labute approximate surface area is 236 Å². The van der Waals surface area contributed by atoms with Gasteiger partial charge in [-0.2, -0.15) is 13.2 Å². The van der Waals surface area contributed by atoms with Crippen LogP contribution >= 0.6 is 0 Å². The fraction of sp³-hybridized carbons (Fsp3) is 0.321. The number of sulfonamides is 1. The number of carbonyl (C=O) groups is 1. The molecule has 2 atom stereocenters. The van der Waals surface area contributed by atoms with Crippen LogP contribution in [0.2, 0.25) is 0 Å². The zero-order chi connectivity index (χ0) is 30.8. The molecule has 0 aliphatic heterocycles. The molecule has 0 bridgehead atoms. The number of aliphatic hydroxyl groups excluding tert-OH is 1. The number of hydrogen-bond acceptors (Lipinski definition) is 7. The lowest BCUT2D eigenvalue weighted by Crippen LogP contribution is -2.32. The van der Waals surface area contributed by atoms with E-state index in [1.165, 1.54) is 17.7 Å². The zero-order valence-corrected chi connectivity index (χ0v) is 23.5. The summed E-state index contributed by atoms with van der Waals surface area (Å²) < 4.78 is 62.5. The molecule has 41 heavy (non-hydrogen) atoms. The predicted molar refractivity (Wildman–Crippen MR) is 149 cm³/mol. The van der Waals surface area contributed by atoms with Crippen molar-refractivity contribution in [2.75, 3.05) is 24.6 Å². The van der Waals surface area contributed by atoms with Gasteiger partial charge in [0.2, 0.25) is 10.0 Å². The van der Waals surface area contributed by atoms with Crippen LogP contribution in [0.25, 0.3) is 0 Å². The highest BCUT2D eigenvalue weighted by atomic mass is 32.2. The predicted octanol–water partition coefficient (Wildman–Crippen LogP) is 4.19. The maximum atomic E-state index is 11.5. The fourth-order valence-corrected chi connectivity index (χ4v) is 4.45. The maximum absolute atomic E-state index is 11.5. The maximum Gasteiger partial charge on any atom is 0.490 e. The fourth-order valence-electron chi connectivity index (χ4n) is 3.89. The number of nitrogens with one attached hydrogen (secondary N) is 2. The minimum absolute atomic E-state index is 0.0241. The molecule has 1 unspecified atom stereocenters. The summed E-state index contributed by atoms with van der Waals surface area (Å²) in [5, 5.41) is 31.2. The number of phenols is 1. The smallest absolute Gasteiger partial charge is 0.490 e. The molecule has 3 rings (SSSR count). The Morgan fingerprint density at radius 3 is 2.17 bits per heavy atom. The van der Waals surface area contributed by atoms with Crippen LogP contribution in [-0.2, 0) is 27.7 Å². The number of methoxy groups -OCH3 is 1. The second kappa shape index (κ2) is 14.7. The van der Waals surface area contributed by atoms with Crippen molar-refractivity contribution in [1.29, 1.82) is 0 Å². The molecule has 13 heteroatoms. The molecule has 0 fully saturated rings. The first kappa shape index (κ1) is 33.4. The second-order valence-electron chi connectivity index (χ2n) is 9.27. The van der Waals surface area contributed by atoms with Gasteiger partial charge in [0.15, 0.2) is 0 Å². The molecule has 0 heterocycles. The molecule has 0 aliphatic rings. The summed E-state index contributed by atoms with van der Waals surface area (Å²) in [5.41, 5.74) is 4.11. The van der Waals surface area contributed by atoms with Gasteiger partial charge in [-0.25, -0.2) is 13.2 Å². The number of benzene rings is 3. The van der Waals surface area contributed by atoms with E-state index in [1.54, 1.807) is 13.2 Å². The Bertz CT molecular complexity index is 1400. The number of anilines is 1. The molecule has 0 aliphatic carbocycles. The van der Waals surface area contributed by atoms with Crippen molar-refractivity contribution in [2.45, 2.75) is 38.1 Å². The van der Waals surface area contributed by atoms with Crippen molar-refractivity contribution in [2.24, 2.45) is 0 Å². The Kier molecular flexibility index (Phi) is 12.0. The average Bonchev–Trinajstić information content (AvgIpc) is 2.88. The highest BCUT2D eigenvalue weighted by Gasteiger charge is 2.38. The van der Waals surface area contributed by atoms with Crippen molar-refractivity contribution < 1.29 is 46.4 Å². The standard InChI is InChI=1S/C26H32N2O5S.C2HF3O2/c1-18-13-21(10-12-26(18)33-2)23(15-19-7-5-4-6-8-19)27-17-22(29)14-20-9-11-25(30)24(16-20)28-34(3,31)32;3-2(4,5)1(6)7/h4-13,16,22-23,27-30H,14-15,17H2,1-3H3;(H,6,7)/t22-,23?;/m0./s1. The monoisotopic (exact) mass is 598 g/mol.